The van der Waals surface area contributed by atoms with Crippen LogP contribution >= 0.6 is 11.3 Å². The lowest BCUT2D eigenvalue weighted by molar-refractivity contribution is -0.123. The van der Waals surface area contributed by atoms with Crippen LogP contribution in [0.3, 0.4) is 0 Å². The Kier molecular flexibility index (Phi) is 5.40. The Labute approximate surface area is 147 Å². The third-order valence-electron chi connectivity index (χ3n) is 3.52. The lowest BCUT2D eigenvalue weighted by Gasteiger charge is -2.18. The molecule has 0 bridgehead atoms. The largest absolute Gasteiger partial charge is 0.484 e. The Bertz CT molecular complexity index is 818. The predicted molar refractivity (Wildman–Crippen MR) is 92.6 cm³/mol. The van der Waals surface area contributed by atoms with Gasteiger partial charge in [0.25, 0.3) is 5.91 Å². The minimum atomic E-state index is -0.384. The van der Waals surface area contributed by atoms with Crippen molar-refractivity contribution < 1.29 is 18.3 Å². The highest BCUT2D eigenvalue weighted by Gasteiger charge is 2.18. The van der Waals surface area contributed by atoms with Crippen LogP contribution in [0.5, 0.6) is 5.75 Å². The van der Waals surface area contributed by atoms with Crippen LogP contribution in [0.15, 0.2) is 66.0 Å². The minimum Gasteiger partial charge on any atom is -0.484 e. The molecule has 1 N–H and O–H groups in total. The number of carbonyl (C=O) groups is 1. The third-order valence-corrected chi connectivity index (χ3v) is 4.46. The average Bonchev–Trinajstić information content (AvgIpc) is 3.14. The summed E-state index contributed by atoms with van der Waals surface area (Å²) < 4.78 is 31.4. The molecule has 3 rings (SSSR count). The summed E-state index contributed by atoms with van der Waals surface area (Å²) in [5, 5.41) is 4.80. The Balaban J connectivity index is 1.68. The number of thiophene rings is 1. The van der Waals surface area contributed by atoms with Gasteiger partial charge in [-0.2, -0.15) is 0 Å². The van der Waals surface area contributed by atoms with Gasteiger partial charge in [0.1, 0.15) is 17.4 Å². The molecule has 2 aromatic carbocycles. The van der Waals surface area contributed by atoms with Crippen LogP contribution in [-0.2, 0) is 4.79 Å². The van der Waals surface area contributed by atoms with Crippen molar-refractivity contribution in [3.05, 3.63) is 88.1 Å². The first-order valence-electron chi connectivity index (χ1n) is 7.58. The van der Waals surface area contributed by atoms with Crippen LogP contribution in [0.25, 0.3) is 0 Å². The lowest BCUT2D eigenvalue weighted by Crippen LogP contribution is -2.32. The Morgan fingerprint density at radius 1 is 1.00 bits per heavy atom. The molecular weight excluding hydrogens is 344 g/mol. The number of halogens is 2. The summed E-state index contributed by atoms with van der Waals surface area (Å²) in [6.45, 7) is -0.200. The molecule has 1 heterocycles. The second kappa shape index (κ2) is 7.90. The maximum absolute atomic E-state index is 13.2. The number of rotatable bonds is 6. The molecule has 1 atom stereocenters. The molecule has 0 aliphatic carbocycles. The Morgan fingerprint density at radius 2 is 1.64 bits per heavy atom. The van der Waals surface area contributed by atoms with Gasteiger partial charge < -0.3 is 10.1 Å². The van der Waals surface area contributed by atoms with E-state index in [9.17, 15) is 13.6 Å². The van der Waals surface area contributed by atoms with Gasteiger partial charge in [-0.3, -0.25) is 4.79 Å². The Morgan fingerprint density at radius 3 is 2.24 bits per heavy atom. The fourth-order valence-electron chi connectivity index (χ4n) is 2.31. The van der Waals surface area contributed by atoms with Gasteiger partial charge in [0.2, 0.25) is 0 Å². The molecule has 3 nitrogen and oxygen atoms in total. The summed E-state index contributed by atoms with van der Waals surface area (Å²) in [7, 11) is 0. The average molecular weight is 359 g/mol. The van der Waals surface area contributed by atoms with Crippen molar-refractivity contribution >= 4 is 17.2 Å². The van der Waals surface area contributed by atoms with Gasteiger partial charge in [0.05, 0.1) is 6.04 Å². The number of amides is 1. The second-order valence-corrected chi connectivity index (χ2v) is 6.29. The Hall–Kier alpha value is -2.73. The number of nitrogens with one attached hydrogen (secondary N) is 1. The first-order chi connectivity index (χ1) is 12.1. The number of benzene rings is 2. The van der Waals surface area contributed by atoms with Crippen LogP contribution in [-0.4, -0.2) is 12.5 Å². The zero-order chi connectivity index (χ0) is 17.6. The quantitative estimate of drug-likeness (QED) is 0.712. The number of ether oxygens (including phenoxy) is 1. The van der Waals surface area contributed by atoms with E-state index in [4.69, 9.17) is 4.74 Å². The minimum absolute atomic E-state index is 0.200. The molecule has 0 saturated heterocycles. The summed E-state index contributed by atoms with van der Waals surface area (Å²) in [5.74, 6) is -0.622. The van der Waals surface area contributed by atoms with Gasteiger partial charge in [0, 0.05) is 4.88 Å². The summed E-state index contributed by atoms with van der Waals surface area (Å²) in [6.07, 6.45) is 0. The first-order valence-corrected chi connectivity index (χ1v) is 8.46. The molecule has 0 unspecified atom stereocenters. The van der Waals surface area contributed by atoms with Crippen molar-refractivity contribution in [2.45, 2.75) is 6.04 Å². The smallest absolute Gasteiger partial charge is 0.258 e. The van der Waals surface area contributed by atoms with E-state index in [-0.39, 0.29) is 30.2 Å². The fourth-order valence-corrected chi connectivity index (χ4v) is 3.11. The molecule has 1 aromatic heterocycles. The van der Waals surface area contributed by atoms with Gasteiger partial charge in [0.15, 0.2) is 6.61 Å². The standard InChI is InChI=1S/C19H15F2NO2S/c20-14-5-3-13(4-6-14)19(17-2-1-11-25-17)22-18(23)12-24-16-9-7-15(21)8-10-16/h1-11,19H,12H2,(H,22,23)/t19-/m0/s1. The van der Waals surface area contributed by atoms with Crippen molar-refractivity contribution in [3.8, 4) is 5.75 Å². The molecule has 1 amide bonds. The topological polar surface area (TPSA) is 38.3 Å². The van der Waals surface area contributed by atoms with Gasteiger partial charge in [-0.25, -0.2) is 8.78 Å². The highest BCUT2D eigenvalue weighted by molar-refractivity contribution is 7.10. The van der Waals surface area contributed by atoms with Crippen molar-refractivity contribution in [1.82, 2.24) is 5.32 Å². The van der Waals surface area contributed by atoms with E-state index in [1.165, 1.54) is 47.7 Å². The van der Waals surface area contributed by atoms with E-state index in [0.717, 1.165) is 10.4 Å². The zero-order valence-electron chi connectivity index (χ0n) is 13.1. The molecule has 0 fully saturated rings. The fraction of sp³-hybridized carbons (Fsp3) is 0.105. The van der Waals surface area contributed by atoms with E-state index >= 15 is 0 Å². The monoisotopic (exact) mass is 359 g/mol. The van der Waals surface area contributed by atoms with Gasteiger partial charge in [-0.1, -0.05) is 18.2 Å². The van der Waals surface area contributed by atoms with E-state index in [1.54, 1.807) is 12.1 Å². The van der Waals surface area contributed by atoms with Crippen molar-refractivity contribution in [1.29, 1.82) is 0 Å². The first kappa shape index (κ1) is 17.1. The van der Waals surface area contributed by atoms with E-state index in [0.29, 0.717) is 5.75 Å². The van der Waals surface area contributed by atoms with Crippen LogP contribution < -0.4 is 10.1 Å². The lowest BCUT2D eigenvalue weighted by atomic mass is 10.1. The summed E-state index contributed by atoms with van der Waals surface area (Å²) >= 11 is 1.50. The molecule has 3 aromatic rings. The molecule has 25 heavy (non-hydrogen) atoms. The third kappa shape index (κ3) is 4.64. The number of hydrogen-bond donors (Lipinski definition) is 1. The van der Waals surface area contributed by atoms with Gasteiger partial charge in [-0.15, -0.1) is 11.3 Å². The van der Waals surface area contributed by atoms with Gasteiger partial charge >= 0.3 is 0 Å². The molecule has 6 heteroatoms. The molecule has 128 valence electrons. The summed E-state index contributed by atoms with van der Waals surface area (Å²) in [5.41, 5.74) is 0.777. The number of hydrogen-bond acceptors (Lipinski definition) is 3. The van der Waals surface area contributed by atoms with Crippen LogP contribution in [0, 0.1) is 11.6 Å². The van der Waals surface area contributed by atoms with Gasteiger partial charge in [-0.05, 0) is 53.4 Å². The highest BCUT2D eigenvalue weighted by atomic mass is 32.1. The van der Waals surface area contributed by atoms with Crippen LogP contribution in [0.1, 0.15) is 16.5 Å². The molecular formula is C19H15F2NO2S. The van der Waals surface area contributed by atoms with E-state index in [2.05, 4.69) is 5.32 Å². The molecule has 0 radical (unpaired) electrons. The molecule has 0 aliphatic rings. The zero-order valence-corrected chi connectivity index (χ0v) is 13.9. The van der Waals surface area contributed by atoms with Crippen molar-refractivity contribution in [3.63, 3.8) is 0 Å². The van der Waals surface area contributed by atoms with Crippen molar-refractivity contribution in [2.24, 2.45) is 0 Å². The van der Waals surface area contributed by atoms with E-state index in [1.807, 2.05) is 17.5 Å². The molecule has 0 aliphatic heterocycles. The molecule has 0 saturated carbocycles. The summed E-state index contributed by atoms with van der Waals surface area (Å²) in [6, 6.07) is 14.8. The summed E-state index contributed by atoms with van der Waals surface area (Å²) in [4.78, 5) is 13.2. The predicted octanol–water partition coefficient (Wildman–Crippen LogP) is 4.31. The SMILES string of the molecule is O=C(COc1ccc(F)cc1)N[C@@H](c1ccc(F)cc1)c1cccs1. The number of carbonyl (C=O) groups excluding carboxylic acids is 1. The maximum Gasteiger partial charge on any atom is 0.258 e. The highest BCUT2D eigenvalue weighted by Crippen LogP contribution is 2.26. The maximum atomic E-state index is 13.2. The second-order valence-electron chi connectivity index (χ2n) is 5.31. The molecule has 0 spiro atoms. The van der Waals surface area contributed by atoms with Crippen LogP contribution in [0.4, 0.5) is 8.78 Å². The van der Waals surface area contributed by atoms with E-state index < -0.39 is 0 Å². The normalized spacial score (nSPS) is 11.8. The van der Waals surface area contributed by atoms with Crippen molar-refractivity contribution in [2.75, 3.05) is 6.61 Å². The van der Waals surface area contributed by atoms with Crippen LogP contribution in [0.2, 0.25) is 0 Å².